The number of carbonyl (C=O) groups excluding carboxylic acids is 1. The van der Waals surface area contributed by atoms with Gasteiger partial charge in [0.05, 0.1) is 26.9 Å². The van der Waals surface area contributed by atoms with Crippen LogP contribution in [0.2, 0.25) is 0 Å². The molecule has 2 aliphatic rings. The van der Waals surface area contributed by atoms with Gasteiger partial charge in [-0.2, -0.15) is 4.31 Å². The zero-order valence-corrected chi connectivity index (χ0v) is 18.2. The Morgan fingerprint density at radius 3 is 2.70 bits per heavy atom. The summed E-state index contributed by atoms with van der Waals surface area (Å²) >= 11 is 0. The Kier molecular flexibility index (Phi) is 7.35. The molecule has 1 atom stereocenters. The Bertz CT molecular complexity index is 850. The van der Waals surface area contributed by atoms with Crippen molar-refractivity contribution in [3.63, 3.8) is 0 Å². The van der Waals surface area contributed by atoms with Gasteiger partial charge in [0.25, 0.3) is 0 Å². The fourth-order valence-corrected chi connectivity index (χ4v) is 5.63. The quantitative estimate of drug-likeness (QED) is 0.567. The van der Waals surface area contributed by atoms with Crippen molar-refractivity contribution >= 4 is 16.0 Å². The fraction of sp³-hybridized carbons (Fsp3) is 0.650. The third kappa shape index (κ3) is 4.78. The second kappa shape index (κ2) is 9.61. The molecule has 0 spiro atoms. The molecule has 0 aromatic heterocycles. The van der Waals surface area contributed by atoms with Crippen LogP contribution in [0.25, 0.3) is 0 Å². The predicted molar refractivity (Wildman–Crippen MR) is 107 cm³/mol. The number of aliphatic hydroxyl groups is 1. The Balaban J connectivity index is 1.80. The average molecular weight is 444 g/mol. The van der Waals surface area contributed by atoms with Gasteiger partial charge in [0.2, 0.25) is 10.0 Å². The van der Waals surface area contributed by atoms with Crippen molar-refractivity contribution in [2.45, 2.75) is 49.3 Å². The number of ether oxygens (including phenoxy) is 4. The number of methoxy groups -OCH3 is 1. The number of rotatable bonds is 9. The number of hydrogen-bond acceptors (Lipinski definition) is 8. The van der Waals surface area contributed by atoms with E-state index in [4.69, 9.17) is 18.9 Å². The standard InChI is InChI=1S/C20H29NO8S/c1-15-5-6-18(30(24,25)21-9-3-4-16(21)19(23)26-2)17(14-15)27-11-8-20(7-10-22)28-12-13-29-20/h5-6,14,16,22H,3-4,7-13H2,1-2H3/t16-/m0/s1. The number of hydrogen-bond donors (Lipinski definition) is 1. The lowest BCUT2D eigenvalue weighted by molar-refractivity contribution is -0.175. The van der Waals surface area contributed by atoms with Gasteiger partial charge in [-0.25, -0.2) is 8.42 Å². The molecule has 30 heavy (non-hydrogen) atoms. The molecule has 2 saturated heterocycles. The summed E-state index contributed by atoms with van der Waals surface area (Å²) in [6.45, 7) is 3.02. The van der Waals surface area contributed by atoms with Crippen LogP contribution in [-0.2, 0) is 29.0 Å². The van der Waals surface area contributed by atoms with Crippen LogP contribution in [0.15, 0.2) is 23.1 Å². The molecule has 0 unspecified atom stereocenters. The first-order chi connectivity index (χ1) is 14.3. The minimum atomic E-state index is -3.96. The molecule has 1 N–H and O–H groups in total. The highest BCUT2D eigenvalue weighted by Crippen LogP contribution is 2.34. The highest BCUT2D eigenvalue weighted by Gasteiger charge is 2.41. The molecule has 168 valence electrons. The van der Waals surface area contributed by atoms with Crippen LogP contribution < -0.4 is 4.74 Å². The van der Waals surface area contributed by atoms with E-state index in [1.54, 1.807) is 12.1 Å². The number of carbonyl (C=O) groups is 1. The SMILES string of the molecule is COC(=O)[C@@H]1CCCN1S(=O)(=O)c1ccc(C)cc1OCCC1(CCO)OCCO1. The molecule has 2 heterocycles. The monoisotopic (exact) mass is 443 g/mol. The van der Waals surface area contributed by atoms with Crippen molar-refractivity contribution in [2.75, 3.05) is 40.1 Å². The minimum Gasteiger partial charge on any atom is -0.492 e. The van der Waals surface area contributed by atoms with Gasteiger partial charge >= 0.3 is 5.97 Å². The van der Waals surface area contributed by atoms with Gasteiger partial charge in [-0.15, -0.1) is 0 Å². The van der Waals surface area contributed by atoms with Crippen LogP contribution in [-0.4, -0.2) is 75.7 Å². The maximum Gasteiger partial charge on any atom is 0.324 e. The Morgan fingerprint density at radius 1 is 1.30 bits per heavy atom. The van der Waals surface area contributed by atoms with E-state index >= 15 is 0 Å². The van der Waals surface area contributed by atoms with Gasteiger partial charge in [-0.3, -0.25) is 4.79 Å². The molecule has 10 heteroatoms. The maximum absolute atomic E-state index is 13.3. The van der Waals surface area contributed by atoms with E-state index in [1.807, 2.05) is 6.92 Å². The summed E-state index contributed by atoms with van der Waals surface area (Å²) in [4.78, 5) is 12.1. The normalized spacial score (nSPS) is 21.6. The zero-order valence-electron chi connectivity index (χ0n) is 17.3. The summed E-state index contributed by atoms with van der Waals surface area (Å²) in [6.07, 6.45) is 1.66. The molecule has 0 saturated carbocycles. The number of nitrogens with zero attached hydrogens (tertiary/aromatic N) is 1. The minimum absolute atomic E-state index is 0.00775. The van der Waals surface area contributed by atoms with Gasteiger partial charge in [0, 0.05) is 26.0 Å². The van der Waals surface area contributed by atoms with Crippen LogP contribution in [0.1, 0.15) is 31.2 Å². The Morgan fingerprint density at radius 2 is 2.03 bits per heavy atom. The van der Waals surface area contributed by atoms with Gasteiger partial charge in [0.1, 0.15) is 16.7 Å². The topological polar surface area (TPSA) is 112 Å². The molecule has 1 aromatic carbocycles. The first-order valence-electron chi connectivity index (χ1n) is 10.0. The summed E-state index contributed by atoms with van der Waals surface area (Å²) in [7, 11) is -2.71. The lowest BCUT2D eigenvalue weighted by Gasteiger charge is -2.27. The van der Waals surface area contributed by atoms with Crippen molar-refractivity contribution in [3.05, 3.63) is 23.8 Å². The molecular weight excluding hydrogens is 414 g/mol. The molecule has 3 rings (SSSR count). The second-order valence-electron chi connectivity index (χ2n) is 7.43. The van der Waals surface area contributed by atoms with Gasteiger partial charge in [0.15, 0.2) is 5.79 Å². The summed E-state index contributed by atoms with van der Waals surface area (Å²) in [5.41, 5.74) is 0.841. The van der Waals surface area contributed by atoms with E-state index in [0.29, 0.717) is 38.9 Å². The second-order valence-corrected chi connectivity index (χ2v) is 9.29. The summed E-state index contributed by atoms with van der Waals surface area (Å²) < 4.78 is 49.8. The molecule has 0 aliphatic carbocycles. The highest BCUT2D eigenvalue weighted by molar-refractivity contribution is 7.89. The maximum atomic E-state index is 13.3. The smallest absolute Gasteiger partial charge is 0.324 e. The number of benzene rings is 1. The van der Waals surface area contributed by atoms with E-state index < -0.39 is 27.8 Å². The Labute approximate surface area is 176 Å². The van der Waals surface area contributed by atoms with E-state index in [-0.39, 0.29) is 30.4 Å². The van der Waals surface area contributed by atoms with Crippen molar-refractivity contribution in [1.82, 2.24) is 4.31 Å². The van der Waals surface area contributed by atoms with Crippen LogP contribution in [0, 0.1) is 6.92 Å². The molecule has 2 aliphatic heterocycles. The van der Waals surface area contributed by atoms with E-state index in [9.17, 15) is 18.3 Å². The largest absolute Gasteiger partial charge is 0.492 e. The van der Waals surface area contributed by atoms with Gasteiger partial charge in [-0.05, 0) is 37.5 Å². The lowest BCUT2D eigenvalue weighted by Crippen LogP contribution is -2.41. The van der Waals surface area contributed by atoms with Crippen LogP contribution in [0.3, 0.4) is 0 Å². The Hall–Kier alpha value is -1.72. The number of esters is 1. The summed E-state index contributed by atoms with van der Waals surface area (Å²) in [5, 5.41) is 9.28. The highest BCUT2D eigenvalue weighted by atomic mass is 32.2. The molecular formula is C20H29NO8S. The predicted octanol–water partition coefficient (Wildman–Crippen LogP) is 1.22. The number of aliphatic hydroxyl groups excluding tert-OH is 1. The van der Waals surface area contributed by atoms with Gasteiger partial charge in [-0.1, -0.05) is 6.07 Å². The molecule has 0 amide bonds. The molecule has 1 aromatic rings. The third-order valence-electron chi connectivity index (χ3n) is 5.41. The molecule has 0 radical (unpaired) electrons. The van der Waals surface area contributed by atoms with Crippen LogP contribution in [0.4, 0.5) is 0 Å². The van der Waals surface area contributed by atoms with Crippen molar-refractivity contribution in [1.29, 1.82) is 0 Å². The van der Waals surface area contributed by atoms with E-state index in [2.05, 4.69) is 0 Å². The number of sulfonamides is 1. The van der Waals surface area contributed by atoms with E-state index in [1.165, 1.54) is 17.5 Å². The zero-order chi connectivity index (χ0) is 21.8. The van der Waals surface area contributed by atoms with Crippen molar-refractivity contribution in [3.8, 4) is 5.75 Å². The third-order valence-corrected chi connectivity index (χ3v) is 7.36. The number of aryl methyl sites for hydroxylation is 1. The first-order valence-corrected chi connectivity index (χ1v) is 11.5. The first kappa shape index (κ1) is 23.0. The molecule has 0 bridgehead atoms. The summed E-state index contributed by atoms with van der Waals surface area (Å²) in [6, 6.07) is 4.02. The van der Waals surface area contributed by atoms with Crippen LogP contribution >= 0.6 is 0 Å². The molecule has 9 nitrogen and oxygen atoms in total. The average Bonchev–Trinajstić information content (AvgIpc) is 3.38. The summed E-state index contributed by atoms with van der Waals surface area (Å²) in [5.74, 6) is -1.27. The lowest BCUT2D eigenvalue weighted by atomic mass is 10.1. The van der Waals surface area contributed by atoms with Gasteiger partial charge < -0.3 is 24.1 Å². The van der Waals surface area contributed by atoms with Crippen molar-refractivity contribution < 1.29 is 37.3 Å². The molecule has 2 fully saturated rings. The fourth-order valence-electron chi connectivity index (χ4n) is 3.86. The van der Waals surface area contributed by atoms with Crippen LogP contribution in [0.5, 0.6) is 5.75 Å². The van der Waals surface area contributed by atoms with Crippen molar-refractivity contribution in [2.24, 2.45) is 0 Å². The van der Waals surface area contributed by atoms with E-state index in [0.717, 1.165) is 5.56 Å².